The van der Waals surface area contributed by atoms with Gasteiger partial charge in [0.25, 0.3) is 0 Å². The number of carbonyl (C=O) groups is 1. The zero-order valence-electron chi connectivity index (χ0n) is 13.5. The van der Waals surface area contributed by atoms with Crippen LogP contribution in [0.25, 0.3) is 0 Å². The minimum atomic E-state index is -0.444. The van der Waals surface area contributed by atoms with Gasteiger partial charge in [-0.2, -0.15) is 0 Å². The van der Waals surface area contributed by atoms with Gasteiger partial charge in [-0.1, -0.05) is 26.0 Å². The fourth-order valence-corrected chi connectivity index (χ4v) is 2.08. The Hall–Kier alpha value is -1.55. The number of benzene rings is 1. The molecule has 4 heteroatoms. The first kappa shape index (κ1) is 17.5. The average molecular weight is 293 g/mol. The second-order valence-corrected chi connectivity index (χ2v) is 6.08. The number of carbonyl (C=O) groups excluding carboxylic acids is 1. The Morgan fingerprint density at radius 1 is 1.33 bits per heavy atom. The van der Waals surface area contributed by atoms with Gasteiger partial charge < -0.3 is 15.2 Å². The smallest absolute Gasteiger partial charge is 0.225 e. The molecule has 1 amide bonds. The minimum absolute atomic E-state index is 0.0247. The number of hydrogen-bond acceptors (Lipinski definition) is 3. The number of aryl methyl sites for hydroxylation is 2. The third kappa shape index (κ3) is 5.76. The highest BCUT2D eigenvalue weighted by Gasteiger charge is 2.26. The highest BCUT2D eigenvalue weighted by Crippen LogP contribution is 2.24. The van der Waals surface area contributed by atoms with E-state index in [9.17, 15) is 4.79 Å². The summed E-state index contributed by atoms with van der Waals surface area (Å²) < 4.78 is 5.80. The van der Waals surface area contributed by atoms with E-state index < -0.39 is 5.41 Å². The Bertz CT molecular complexity index is 469. The van der Waals surface area contributed by atoms with Crippen molar-refractivity contribution in [3.63, 3.8) is 0 Å². The molecule has 21 heavy (non-hydrogen) atoms. The zero-order valence-corrected chi connectivity index (χ0v) is 13.5. The van der Waals surface area contributed by atoms with Crippen LogP contribution >= 0.6 is 0 Å². The number of aliphatic hydroxyl groups excluding tert-OH is 1. The van der Waals surface area contributed by atoms with Crippen molar-refractivity contribution in [2.75, 3.05) is 19.8 Å². The molecule has 0 saturated carbocycles. The SMILES string of the molecule is Cc1ccc(C)c(OCCCC(C)(C)C(=O)NCCO)c1. The van der Waals surface area contributed by atoms with Crippen molar-refractivity contribution in [1.82, 2.24) is 5.32 Å². The van der Waals surface area contributed by atoms with E-state index in [2.05, 4.69) is 17.4 Å². The molecule has 1 aromatic rings. The van der Waals surface area contributed by atoms with Gasteiger partial charge in [-0.15, -0.1) is 0 Å². The Morgan fingerprint density at radius 2 is 2.05 bits per heavy atom. The van der Waals surface area contributed by atoms with Crippen LogP contribution in [0.2, 0.25) is 0 Å². The molecule has 4 nitrogen and oxygen atoms in total. The van der Waals surface area contributed by atoms with Crippen LogP contribution in [0.3, 0.4) is 0 Å². The predicted octanol–water partition coefficient (Wildman–Crippen LogP) is 2.60. The standard InChI is InChI=1S/C17H27NO3/c1-13-6-7-14(2)15(12-13)21-11-5-8-17(3,4)16(20)18-9-10-19/h6-7,12,19H,5,8-11H2,1-4H3,(H,18,20). The third-order valence-electron chi connectivity index (χ3n) is 3.56. The predicted molar refractivity (Wildman–Crippen MR) is 84.5 cm³/mol. The largest absolute Gasteiger partial charge is 0.493 e. The number of amides is 1. The Labute approximate surface area is 127 Å². The lowest BCUT2D eigenvalue weighted by Gasteiger charge is -2.23. The highest BCUT2D eigenvalue weighted by molar-refractivity contribution is 5.81. The van der Waals surface area contributed by atoms with E-state index in [0.717, 1.165) is 24.2 Å². The molecular weight excluding hydrogens is 266 g/mol. The van der Waals surface area contributed by atoms with E-state index in [1.807, 2.05) is 33.8 Å². The van der Waals surface area contributed by atoms with E-state index in [0.29, 0.717) is 13.2 Å². The number of aliphatic hydroxyl groups is 1. The van der Waals surface area contributed by atoms with Gasteiger partial charge in [0.05, 0.1) is 13.2 Å². The molecule has 1 rings (SSSR count). The fourth-order valence-electron chi connectivity index (χ4n) is 2.08. The van der Waals surface area contributed by atoms with Crippen molar-refractivity contribution in [3.8, 4) is 5.75 Å². The van der Waals surface area contributed by atoms with Gasteiger partial charge in [0.15, 0.2) is 0 Å². The Kier molecular flexibility index (Phi) is 6.69. The van der Waals surface area contributed by atoms with Gasteiger partial charge in [0.2, 0.25) is 5.91 Å². The molecule has 0 heterocycles. The molecule has 2 N–H and O–H groups in total. The zero-order chi connectivity index (χ0) is 15.9. The normalized spacial score (nSPS) is 11.3. The Morgan fingerprint density at radius 3 is 2.71 bits per heavy atom. The van der Waals surface area contributed by atoms with Crippen LogP contribution in [0.4, 0.5) is 0 Å². The van der Waals surface area contributed by atoms with E-state index in [-0.39, 0.29) is 12.5 Å². The maximum absolute atomic E-state index is 11.9. The van der Waals surface area contributed by atoms with Crippen LogP contribution in [-0.2, 0) is 4.79 Å². The van der Waals surface area contributed by atoms with Crippen LogP contribution in [0, 0.1) is 19.3 Å². The molecule has 1 aromatic carbocycles. The van der Waals surface area contributed by atoms with Gasteiger partial charge in [-0.05, 0) is 43.9 Å². The second kappa shape index (κ2) is 8.03. The van der Waals surface area contributed by atoms with Crippen molar-refractivity contribution in [3.05, 3.63) is 29.3 Å². The summed E-state index contributed by atoms with van der Waals surface area (Å²) in [5.74, 6) is 0.890. The number of nitrogens with one attached hydrogen (secondary N) is 1. The van der Waals surface area contributed by atoms with Crippen LogP contribution in [-0.4, -0.2) is 30.8 Å². The fraction of sp³-hybridized carbons (Fsp3) is 0.588. The summed E-state index contributed by atoms with van der Waals surface area (Å²) in [6.45, 7) is 8.77. The average Bonchev–Trinajstić information content (AvgIpc) is 2.44. The van der Waals surface area contributed by atoms with Crippen molar-refractivity contribution in [2.45, 2.75) is 40.5 Å². The molecule has 118 valence electrons. The van der Waals surface area contributed by atoms with Crippen molar-refractivity contribution in [1.29, 1.82) is 0 Å². The Balaban J connectivity index is 2.39. The van der Waals surface area contributed by atoms with E-state index in [4.69, 9.17) is 9.84 Å². The quantitative estimate of drug-likeness (QED) is 0.724. The molecule has 0 atom stereocenters. The summed E-state index contributed by atoms with van der Waals surface area (Å²) in [5.41, 5.74) is 1.86. The van der Waals surface area contributed by atoms with Crippen LogP contribution in [0.15, 0.2) is 18.2 Å². The molecule has 0 aliphatic heterocycles. The van der Waals surface area contributed by atoms with Crippen molar-refractivity contribution < 1.29 is 14.6 Å². The van der Waals surface area contributed by atoms with Crippen LogP contribution < -0.4 is 10.1 Å². The first-order valence-corrected chi connectivity index (χ1v) is 7.46. The molecule has 0 aliphatic carbocycles. The summed E-state index contributed by atoms with van der Waals surface area (Å²) in [6, 6.07) is 6.15. The van der Waals surface area contributed by atoms with Gasteiger partial charge in [0, 0.05) is 12.0 Å². The molecule has 0 radical (unpaired) electrons. The highest BCUT2D eigenvalue weighted by atomic mass is 16.5. The monoisotopic (exact) mass is 293 g/mol. The molecule has 0 saturated heterocycles. The molecule has 0 spiro atoms. The van der Waals surface area contributed by atoms with Crippen LogP contribution in [0.1, 0.15) is 37.8 Å². The van der Waals surface area contributed by atoms with Gasteiger partial charge in [-0.25, -0.2) is 0 Å². The molecule has 0 aliphatic rings. The van der Waals surface area contributed by atoms with Gasteiger partial charge in [0.1, 0.15) is 5.75 Å². The summed E-state index contributed by atoms with van der Waals surface area (Å²) in [7, 11) is 0. The second-order valence-electron chi connectivity index (χ2n) is 6.08. The first-order chi connectivity index (χ1) is 9.86. The summed E-state index contributed by atoms with van der Waals surface area (Å²) in [6.07, 6.45) is 1.56. The maximum Gasteiger partial charge on any atom is 0.225 e. The topological polar surface area (TPSA) is 58.6 Å². The summed E-state index contributed by atoms with van der Waals surface area (Å²) in [5, 5.41) is 11.5. The van der Waals surface area contributed by atoms with Crippen molar-refractivity contribution in [2.24, 2.45) is 5.41 Å². The summed E-state index contributed by atoms with van der Waals surface area (Å²) >= 11 is 0. The van der Waals surface area contributed by atoms with Gasteiger partial charge >= 0.3 is 0 Å². The molecule has 0 aromatic heterocycles. The lowest BCUT2D eigenvalue weighted by atomic mass is 9.87. The lowest BCUT2D eigenvalue weighted by molar-refractivity contribution is -0.129. The van der Waals surface area contributed by atoms with E-state index in [1.54, 1.807) is 0 Å². The van der Waals surface area contributed by atoms with Gasteiger partial charge in [-0.3, -0.25) is 4.79 Å². The first-order valence-electron chi connectivity index (χ1n) is 7.46. The van der Waals surface area contributed by atoms with Crippen molar-refractivity contribution >= 4 is 5.91 Å². The third-order valence-corrected chi connectivity index (χ3v) is 3.56. The molecule has 0 bridgehead atoms. The number of hydrogen-bond donors (Lipinski definition) is 2. The lowest BCUT2D eigenvalue weighted by Crippen LogP contribution is -2.38. The maximum atomic E-state index is 11.9. The van der Waals surface area contributed by atoms with Crippen LogP contribution in [0.5, 0.6) is 5.75 Å². The molecule has 0 unspecified atom stereocenters. The molecule has 0 fully saturated rings. The number of rotatable bonds is 8. The van der Waals surface area contributed by atoms with E-state index in [1.165, 1.54) is 5.56 Å². The molecular formula is C17H27NO3. The number of ether oxygens (including phenoxy) is 1. The summed E-state index contributed by atoms with van der Waals surface area (Å²) in [4.78, 5) is 11.9. The van der Waals surface area contributed by atoms with E-state index >= 15 is 0 Å². The minimum Gasteiger partial charge on any atom is -0.493 e.